The number of carbonyl (C=O) groups is 2. The van der Waals surface area contributed by atoms with Crippen LogP contribution in [0.4, 0.5) is 13.2 Å². The number of methoxy groups -OCH3 is 1. The van der Waals surface area contributed by atoms with Crippen LogP contribution in [0.1, 0.15) is 43.0 Å². The zero-order valence-corrected chi connectivity index (χ0v) is 15.2. The number of alkyl halides is 3. The lowest BCUT2D eigenvalue weighted by Gasteiger charge is -2.25. The third-order valence-corrected chi connectivity index (χ3v) is 4.02. The number of carboxylic acids is 1. The first-order valence-electron chi connectivity index (χ1n) is 8.04. The second-order valence-corrected chi connectivity index (χ2v) is 6.62. The van der Waals surface area contributed by atoms with Crippen molar-refractivity contribution in [3.8, 4) is 0 Å². The Morgan fingerprint density at radius 3 is 2.44 bits per heavy atom. The molecule has 1 amide bonds. The maximum absolute atomic E-state index is 13.3. The second kappa shape index (κ2) is 7.18. The van der Waals surface area contributed by atoms with Crippen molar-refractivity contribution in [2.24, 2.45) is 0 Å². The fourth-order valence-electron chi connectivity index (χ4n) is 2.73. The Kier molecular flexibility index (Phi) is 5.50. The number of imidazole rings is 1. The van der Waals surface area contributed by atoms with Crippen LogP contribution in [-0.2, 0) is 15.7 Å². The van der Waals surface area contributed by atoms with Crippen LogP contribution in [0.2, 0.25) is 0 Å². The normalized spacial score (nSPS) is 14.4. The minimum absolute atomic E-state index is 0.00629. The minimum Gasteiger partial charge on any atom is -0.479 e. The van der Waals surface area contributed by atoms with Gasteiger partial charge in [-0.05, 0) is 39.0 Å². The van der Waals surface area contributed by atoms with Crippen LogP contribution in [0.5, 0.6) is 0 Å². The standard InChI is InChI=1S/C17H20F3N3O4/c1-9(2)23-12-6-5-10(7-11(12)21-14(23)17(18,19)20)13(24)22-16(3,8-27-4)15(25)26/h5-7,9H,8H2,1-4H3,(H,22,24)(H,25,26). The van der Waals surface area contributed by atoms with E-state index in [9.17, 15) is 27.9 Å². The summed E-state index contributed by atoms with van der Waals surface area (Å²) < 4.78 is 45.6. The summed E-state index contributed by atoms with van der Waals surface area (Å²) in [6.45, 7) is 4.18. The monoisotopic (exact) mass is 387 g/mol. The molecular weight excluding hydrogens is 367 g/mol. The number of rotatable bonds is 6. The fourth-order valence-corrected chi connectivity index (χ4v) is 2.73. The Labute approximate surface area is 153 Å². The first kappa shape index (κ1) is 20.7. The molecule has 0 saturated carbocycles. The molecule has 1 unspecified atom stereocenters. The van der Waals surface area contributed by atoms with Crippen LogP contribution >= 0.6 is 0 Å². The van der Waals surface area contributed by atoms with Crippen molar-refractivity contribution in [3.63, 3.8) is 0 Å². The number of nitrogens with one attached hydrogen (secondary N) is 1. The molecule has 0 saturated heterocycles. The van der Waals surface area contributed by atoms with E-state index in [-0.39, 0.29) is 23.2 Å². The van der Waals surface area contributed by atoms with Gasteiger partial charge in [0.05, 0.1) is 17.6 Å². The maximum Gasteiger partial charge on any atom is 0.449 e. The van der Waals surface area contributed by atoms with Crippen LogP contribution in [0.15, 0.2) is 18.2 Å². The van der Waals surface area contributed by atoms with Gasteiger partial charge in [0.15, 0.2) is 5.54 Å². The van der Waals surface area contributed by atoms with Gasteiger partial charge >= 0.3 is 12.1 Å². The number of ether oxygens (including phenoxy) is 1. The van der Waals surface area contributed by atoms with Crippen LogP contribution in [0, 0.1) is 0 Å². The minimum atomic E-state index is -4.65. The molecule has 148 valence electrons. The smallest absolute Gasteiger partial charge is 0.449 e. The van der Waals surface area contributed by atoms with E-state index in [0.717, 1.165) is 4.57 Å². The van der Waals surface area contributed by atoms with Gasteiger partial charge in [-0.1, -0.05) is 0 Å². The SMILES string of the molecule is COCC(C)(NC(=O)c1ccc2c(c1)nc(C(F)(F)F)n2C(C)C)C(=O)O. The number of hydrogen-bond acceptors (Lipinski definition) is 4. The molecule has 0 aliphatic carbocycles. The van der Waals surface area contributed by atoms with Crippen molar-refractivity contribution in [1.29, 1.82) is 0 Å². The summed E-state index contributed by atoms with van der Waals surface area (Å²) in [5.74, 6) is -3.12. The first-order valence-corrected chi connectivity index (χ1v) is 8.04. The summed E-state index contributed by atoms with van der Waals surface area (Å²) in [6, 6.07) is 3.39. The quantitative estimate of drug-likeness (QED) is 0.795. The number of carbonyl (C=O) groups excluding carboxylic acids is 1. The highest BCUT2D eigenvalue weighted by atomic mass is 19.4. The molecule has 0 aliphatic heterocycles. The number of amides is 1. The molecule has 1 aromatic carbocycles. The van der Waals surface area contributed by atoms with Crippen molar-refractivity contribution >= 4 is 22.9 Å². The molecule has 1 atom stereocenters. The highest BCUT2D eigenvalue weighted by molar-refractivity contribution is 6.00. The summed E-state index contributed by atoms with van der Waals surface area (Å²) in [5.41, 5.74) is -1.47. The molecular formula is C17H20F3N3O4. The Bertz CT molecular complexity index is 876. The average Bonchev–Trinajstić information content (AvgIpc) is 2.93. The zero-order valence-electron chi connectivity index (χ0n) is 15.2. The highest BCUT2D eigenvalue weighted by Crippen LogP contribution is 2.34. The lowest BCUT2D eigenvalue weighted by molar-refractivity contribution is -0.147. The number of halogens is 3. The molecule has 0 bridgehead atoms. The van der Waals surface area contributed by atoms with E-state index in [1.165, 1.54) is 32.2 Å². The number of aromatic nitrogens is 2. The Morgan fingerprint density at radius 1 is 1.33 bits per heavy atom. The van der Waals surface area contributed by atoms with E-state index in [1.54, 1.807) is 13.8 Å². The highest BCUT2D eigenvalue weighted by Gasteiger charge is 2.39. The third kappa shape index (κ3) is 4.05. The molecule has 2 rings (SSSR count). The lowest BCUT2D eigenvalue weighted by Crippen LogP contribution is -2.55. The van der Waals surface area contributed by atoms with Gasteiger partial charge in [-0.2, -0.15) is 13.2 Å². The Morgan fingerprint density at radius 2 is 1.96 bits per heavy atom. The average molecular weight is 387 g/mol. The van der Waals surface area contributed by atoms with E-state index in [4.69, 9.17) is 4.74 Å². The number of fused-ring (bicyclic) bond motifs is 1. The first-order chi connectivity index (χ1) is 12.4. The molecule has 10 heteroatoms. The summed E-state index contributed by atoms with van der Waals surface area (Å²) in [6.07, 6.45) is -4.65. The van der Waals surface area contributed by atoms with Crippen LogP contribution in [-0.4, -0.2) is 45.8 Å². The number of benzene rings is 1. The van der Waals surface area contributed by atoms with E-state index in [2.05, 4.69) is 10.3 Å². The molecule has 2 N–H and O–H groups in total. The molecule has 0 radical (unpaired) electrons. The summed E-state index contributed by atoms with van der Waals surface area (Å²) in [7, 11) is 1.29. The van der Waals surface area contributed by atoms with E-state index in [1.807, 2.05) is 0 Å². The lowest BCUT2D eigenvalue weighted by atomic mass is 10.0. The Hall–Kier alpha value is -2.62. The largest absolute Gasteiger partial charge is 0.479 e. The van der Waals surface area contributed by atoms with Gasteiger partial charge < -0.3 is 19.7 Å². The number of hydrogen-bond donors (Lipinski definition) is 2. The van der Waals surface area contributed by atoms with E-state index < -0.39 is 35.5 Å². The molecule has 0 spiro atoms. The van der Waals surface area contributed by atoms with Crippen molar-refractivity contribution in [2.75, 3.05) is 13.7 Å². The van der Waals surface area contributed by atoms with Gasteiger partial charge in [-0.15, -0.1) is 0 Å². The van der Waals surface area contributed by atoms with Gasteiger partial charge in [0.2, 0.25) is 5.82 Å². The van der Waals surface area contributed by atoms with Gasteiger partial charge in [0.1, 0.15) is 0 Å². The van der Waals surface area contributed by atoms with Crippen molar-refractivity contribution in [3.05, 3.63) is 29.6 Å². The van der Waals surface area contributed by atoms with E-state index >= 15 is 0 Å². The Balaban J connectivity index is 2.47. The van der Waals surface area contributed by atoms with Crippen molar-refractivity contribution < 1.29 is 32.6 Å². The summed E-state index contributed by atoms with van der Waals surface area (Å²) in [5, 5.41) is 11.6. The molecule has 1 aromatic heterocycles. The van der Waals surface area contributed by atoms with Crippen LogP contribution < -0.4 is 5.32 Å². The molecule has 7 nitrogen and oxygen atoms in total. The third-order valence-electron chi connectivity index (χ3n) is 4.02. The van der Waals surface area contributed by atoms with Crippen LogP contribution in [0.3, 0.4) is 0 Å². The molecule has 1 heterocycles. The zero-order chi connectivity index (χ0) is 20.6. The predicted molar refractivity (Wildman–Crippen MR) is 90.5 cm³/mol. The molecule has 0 aliphatic rings. The van der Waals surface area contributed by atoms with Gasteiger partial charge in [0, 0.05) is 18.7 Å². The number of aliphatic carboxylic acids is 1. The van der Waals surface area contributed by atoms with Crippen molar-refractivity contribution in [1.82, 2.24) is 14.9 Å². The number of nitrogens with zero attached hydrogens (tertiary/aromatic N) is 2. The van der Waals surface area contributed by atoms with Gasteiger partial charge in [0.25, 0.3) is 5.91 Å². The summed E-state index contributed by atoms with van der Waals surface area (Å²) in [4.78, 5) is 27.4. The van der Waals surface area contributed by atoms with Gasteiger partial charge in [-0.25, -0.2) is 9.78 Å². The predicted octanol–water partition coefficient (Wildman–Crippen LogP) is 2.86. The molecule has 2 aromatic rings. The summed E-state index contributed by atoms with van der Waals surface area (Å²) >= 11 is 0. The molecule has 27 heavy (non-hydrogen) atoms. The van der Waals surface area contributed by atoms with Crippen molar-refractivity contribution in [2.45, 2.75) is 38.5 Å². The van der Waals surface area contributed by atoms with E-state index in [0.29, 0.717) is 0 Å². The van der Waals surface area contributed by atoms with Crippen LogP contribution in [0.25, 0.3) is 11.0 Å². The topological polar surface area (TPSA) is 93.5 Å². The fraction of sp³-hybridized carbons (Fsp3) is 0.471. The molecule has 0 fully saturated rings. The second-order valence-electron chi connectivity index (χ2n) is 6.62. The maximum atomic E-state index is 13.3. The van der Waals surface area contributed by atoms with Gasteiger partial charge in [-0.3, -0.25) is 4.79 Å². The number of carboxylic acid groups (broad SMARTS) is 1.